The van der Waals surface area contributed by atoms with E-state index in [1.54, 1.807) is 12.1 Å². The van der Waals surface area contributed by atoms with Crippen LogP contribution < -0.4 is 10.2 Å². The smallest absolute Gasteiger partial charge is 0.282 e. The van der Waals surface area contributed by atoms with Crippen molar-refractivity contribution < 1.29 is 18.4 Å². The molecule has 3 aromatic rings. The molecule has 1 N–H and O–H groups in total. The van der Waals surface area contributed by atoms with Crippen LogP contribution in [0.1, 0.15) is 16.7 Å². The number of rotatable bonds is 4. The molecule has 2 amide bonds. The number of nitrogens with one attached hydrogen (secondary N) is 1. The highest BCUT2D eigenvalue weighted by atomic mass is 35.5. The molecule has 0 unspecified atom stereocenters. The number of hydrogen-bond donors (Lipinski definition) is 1. The van der Waals surface area contributed by atoms with Crippen molar-refractivity contribution in [3.63, 3.8) is 0 Å². The van der Waals surface area contributed by atoms with E-state index in [0.717, 1.165) is 22.1 Å². The minimum atomic E-state index is -0.662. The summed E-state index contributed by atoms with van der Waals surface area (Å²) in [6, 6.07) is 14.6. The number of benzene rings is 3. The second kappa shape index (κ2) is 7.96. The van der Waals surface area contributed by atoms with Crippen LogP contribution in [-0.2, 0) is 9.59 Å². The average molecular weight is 439 g/mol. The van der Waals surface area contributed by atoms with Crippen molar-refractivity contribution in [1.82, 2.24) is 0 Å². The fourth-order valence-corrected chi connectivity index (χ4v) is 3.55. The summed E-state index contributed by atoms with van der Waals surface area (Å²) < 4.78 is 27.3. The van der Waals surface area contributed by atoms with Gasteiger partial charge in [-0.3, -0.25) is 9.59 Å². The first-order valence-corrected chi connectivity index (χ1v) is 9.82. The molecule has 0 aliphatic carbocycles. The molecular formula is C24H17ClF2N2O2. The molecule has 1 aliphatic heterocycles. The van der Waals surface area contributed by atoms with Gasteiger partial charge in [-0.15, -0.1) is 0 Å². The maximum Gasteiger partial charge on any atom is 0.282 e. The van der Waals surface area contributed by atoms with Gasteiger partial charge in [-0.1, -0.05) is 35.9 Å². The molecule has 0 aromatic heterocycles. The fraction of sp³-hybridized carbons (Fsp3) is 0.0833. The molecule has 0 fully saturated rings. The summed E-state index contributed by atoms with van der Waals surface area (Å²) in [5.41, 5.74) is 3.10. The van der Waals surface area contributed by atoms with Gasteiger partial charge >= 0.3 is 0 Å². The fourth-order valence-electron chi connectivity index (χ4n) is 3.38. The van der Waals surface area contributed by atoms with Crippen LogP contribution in [0.2, 0.25) is 5.02 Å². The molecule has 0 bridgehead atoms. The lowest BCUT2D eigenvalue weighted by atomic mass is 9.99. The number of amides is 2. The largest absolute Gasteiger partial charge is 0.350 e. The Labute approximate surface area is 182 Å². The van der Waals surface area contributed by atoms with Gasteiger partial charge in [-0.05, 0) is 66.9 Å². The van der Waals surface area contributed by atoms with Crippen LogP contribution in [0.25, 0.3) is 5.57 Å². The molecule has 1 heterocycles. The van der Waals surface area contributed by atoms with Crippen molar-refractivity contribution in [1.29, 1.82) is 0 Å². The molecule has 0 saturated carbocycles. The Morgan fingerprint density at radius 3 is 2.32 bits per heavy atom. The first kappa shape index (κ1) is 20.8. The highest BCUT2D eigenvalue weighted by Gasteiger charge is 2.40. The Hall–Kier alpha value is -3.51. The molecule has 0 spiro atoms. The number of nitrogens with zero attached hydrogens (tertiary/aromatic N) is 1. The van der Waals surface area contributed by atoms with Gasteiger partial charge in [0.25, 0.3) is 11.8 Å². The van der Waals surface area contributed by atoms with E-state index >= 15 is 0 Å². The highest BCUT2D eigenvalue weighted by Crippen LogP contribution is 2.35. The zero-order valence-corrected chi connectivity index (χ0v) is 17.4. The molecule has 3 aromatic carbocycles. The number of carbonyl (C=O) groups excluding carboxylic acids is 2. The van der Waals surface area contributed by atoms with Crippen LogP contribution in [0.5, 0.6) is 0 Å². The molecule has 4 nitrogen and oxygen atoms in total. The number of anilines is 2. The Kier molecular flexibility index (Phi) is 5.33. The second-order valence-electron chi connectivity index (χ2n) is 7.23. The predicted octanol–water partition coefficient (Wildman–Crippen LogP) is 5.63. The molecule has 4 rings (SSSR count). The molecule has 0 atom stereocenters. The lowest BCUT2D eigenvalue weighted by Gasteiger charge is -2.16. The third-order valence-electron chi connectivity index (χ3n) is 5.13. The van der Waals surface area contributed by atoms with E-state index in [2.05, 4.69) is 5.32 Å². The lowest BCUT2D eigenvalue weighted by Crippen LogP contribution is -2.32. The lowest BCUT2D eigenvalue weighted by molar-refractivity contribution is -0.120. The first-order valence-electron chi connectivity index (χ1n) is 9.44. The minimum absolute atomic E-state index is 0.000648. The minimum Gasteiger partial charge on any atom is -0.350 e. The summed E-state index contributed by atoms with van der Waals surface area (Å²) in [5.74, 6) is -2.39. The molecule has 1 aliphatic rings. The van der Waals surface area contributed by atoms with E-state index in [4.69, 9.17) is 11.6 Å². The predicted molar refractivity (Wildman–Crippen MR) is 117 cm³/mol. The number of hydrogen-bond acceptors (Lipinski definition) is 3. The third kappa shape index (κ3) is 3.82. The first-order chi connectivity index (χ1) is 14.8. The number of aryl methyl sites for hydroxylation is 2. The third-order valence-corrected chi connectivity index (χ3v) is 5.42. The highest BCUT2D eigenvalue weighted by molar-refractivity contribution is 6.46. The number of imide groups is 1. The van der Waals surface area contributed by atoms with Crippen molar-refractivity contribution in [3.05, 3.63) is 99.7 Å². The van der Waals surface area contributed by atoms with E-state index in [0.29, 0.717) is 11.3 Å². The van der Waals surface area contributed by atoms with Gasteiger partial charge in [0.1, 0.15) is 17.3 Å². The van der Waals surface area contributed by atoms with Crippen molar-refractivity contribution >= 4 is 40.4 Å². The maximum atomic E-state index is 13.7. The van der Waals surface area contributed by atoms with Crippen molar-refractivity contribution in [2.45, 2.75) is 13.8 Å². The van der Waals surface area contributed by atoms with E-state index < -0.39 is 23.4 Å². The maximum absolute atomic E-state index is 13.7. The summed E-state index contributed by atoms with van der Waals surface area (Å²) in [6.45, 7) is 3.84. The van der Waals surface area contributed by atoms with Gasteiger partial charge in [0.15, 0.2) is 0 Å². The monoisotopic (exact) mass is 438 g/mol. The number of carbonyl (C=O) groups is 2. The molecule has 0 saturated heterocycles. The van der Waals surface area contributed by atoms with Crippen LogP contribution in [0.4, 0.5) is 20.2 Å². The summed E-state index contributed by atoms with van der Waals surface area (Å²) in [5, 5.41) is 2.68. The van der Waals surface area contributed by atoms with Crippen LogP contribution in [0.3, 0.4) is 0 Å². The van der Waals surface area contributed by atoms with Gasteiger partial charge in [-0.25, -0.2) is 13.7 Å². The molecule has 31 heavy (non-hydrogen) atoms. The van der Waals surface area contributed by atoms with Crippen LogP contribution >= 0.6 is 11.6 Å². The Morgan fingerprint density at radius 1 is 0.871 bits per heavy atom. The van der Waals surface area contributed by atoms with E-state index in [9.17, 15) is 18.4 Å². The molecule has 156 valence electrons. The van der Waals surface area contributed by atoms with Gasteiger partial charge in [-0.2, -0.15) is 0 Å². The van der Waals surface area contributed by atoms with Crippen molar-refractivity contribution in [2.75, 3.05) is 10.2 Å². The zero-order valence-electron chi connectivity index (χ0n) is 16.7. The Morgan fingerprint density at radius 2 is 1.65 bits per heavy atom. The average Bonchev–Trinajstić information content (AvgIpc) is 2.96. The zero-order chi connectivity index (χ0) is 22.3. The Bertz CT molecular complexity index is 1270. The molecular weight excluding hydrogens is 422 g/mol. The summed E-state index contributed by atoms with van der Waals surface area (Å²) in [4.78, 5) is 27.6. The SMILES string of the molecule is Cc1ccc(C2=C(Nc3cccc(F)c3)C(=O)N(c3ccc(F)c(Cl)c3)C2=O)cc1C. The van der Waals surface area contributed by atoms with E-state index in [1.165, 1.54) is 30.3 Å². The molecule has 7 heteroatoms. The normalized spacial score (nSPS) is 13.9. The van der Waals surface area contributed by atoms with E-state index in [-0.39, 0.29) is 22.0 Å². The quantitative estimate of drug-likeness (QED) is 0.537. The standard InChI is InChI=1S/C24H17ClF2N2O2/c1-13-6-7-15(10-14(13)2)21-22(28-17-5-3-4-16(26)11-17)24(31)29(23(21)30)18-8-9-20(27)19(25)12-18/h3-12,28H,1-2H3. The van der Waals surface area contributed by atoms with Gasteiger partial charge in [0, 0.05) is 5.69 Å². The summed E-state index contributed by atoms with van der Waals surface area (Å²) in [7, 11) is 0. The topological polar surface area (TPSA) is 49.4 Å². The van der Waals surface area contributed by atoms with Crippen LogP contribution in [0.15, 0.2) is 66.4 Å². The van der Waals surface area contributed by atoms with Gasteiger partial charge in [0.05, 0.1) is 16.3 Å². The van der Waals surface area contributed by atoms with Gasteiger partial charge < -0.3 is 5.32 Å². The van der Waals surface area contributed by atoms with Crippen molar-refractivity contribution in [2.24, 2.45) is 0 Å². The molecule has 0 radical (unpaired) electrons. The van der Waals surface area contributed by atoms with E-state index in [1.807, 2.05) is 26.0 Å². The van der Waals surface area contributed by atoms with Gasteiger partial charge in [0.2, 0.25) is 0 Å². The summed E-state index contributed by atoms with van der Waals surface area (Å²) in [6.07, 6.45) is 0. The second-order valence-corrected chi connectivity index (χ2v) is 7.64. The van der Waals surface area contributed by atoms with Crippen molar-refractivity contribution in [3.8, 4) is 0 Å². The number of halogens is 3. The Balaban J connectivity index is 1.85. The van der Waals surface area contributed by atoms with Crippen LogP contribution in [0, 0.1) is 25.5 Å². The summed E-state index contributed by atoms with van der Waals surface area (Å²) >= 11 is 5.87. The van der Waals surface area contributed by atoms with Crippen LogP contribution in [-0.4, -0.2) is 11.8 Å².